The summed E-state index contributed by atoms with van der Waals surface area (Å²) in [6.45, 7) is 21.1. The van der Waals surface area contributed by atoms with Crippen LogP contribution in [-0.2, 0) is 19.2 Å². The Labute approximate surface area is 272 Å². The van der Waals surface area contributed by atoms with E-state index >= 15 is 0 Å². The van der Waals surface area contributed by atoms with E-state index in [1.807, 2.05) is 54.5 Å². The van der Waals surface area contributed by atoms with Gasteiger partial charge in [0, 0.05) is 25.2 Å². The van der Waals surface area contributed by atoms with Crippen molar-refractivity contribution in [2.24, 2.45) is 17.3 Å². The SMILES string of the molecule is C/C(=C\[C@H](C(C)C)N(C)C(=O)C(NC(=O)[C@H]1CCCCN1C(C)C)C(C)(C)C)C(=O)N1CCC[C@H]1C(=O)N[C@H](CO)CC(C)C. The van der Waals surface area contributed by atoms with Crippen molar-refractivity contribution in [2.45, 2.75) is 144 Å². The molecule has 45 heavy (non-hydrogen) atoms. The highest BCUT2D eigenvalue weighted by molar-refractivity contribution is 5.97. The van der Waals surface area contributed by atoms with Gasteiger partial charge in [-0.1, -0.05) is 61.0 Å². The molecule has 0 aliphatic carbocycles. The van der Waals surface area contributed by atoms with Gasteiger partial charge in [-0.3, -0.25) is 24.1 Å². The van der Waals surface area contributed by atoms with Crippen LogP contribution in [0.3, 0.4) is 0 Å². The van der Waals surface area contributed by atoms with Crippen LogP contribution in [0.1, 0.15) is 108 Å². The molecule has 0 aromatic heterocycles. The smallest absolute Gasteiger partial charge is 0.249 e. The van der Waals surface area contributed by atoms with Gasteiger partial charge in [0.25, 0.3) is 0 Å². The van der Waals surface area contributed by atoms with Crippen molar-refractivity contribution in [2.75, 3.05) is 26.7 Å². The van der Waals surface area contributed by atoms with Crippen LogP contribution in [0, 0.1) is 17.3 Å². The standard InChI is InChI=1S/C35H63N5O5/c1-22(2)19-26(21-41)36-31(42)28-16-14-18-40(28)33(44)25(7)20-29(23(3)4)38(11)34(45)30(35(8,9)10)37-32(43)27-15-12-13-17-39(27)24(5)6/h20,22-24,26-30,41H,12-19,21H2,1-11H3,(H,36,42)(H,37,43)/b25-20+/t26-,27+,28-,29+,30?/m0/s1. The van der Waals surface area contributed by atoms with Gasteiger partial charge in [0.05, 0.1) is 24.7 Å². The van der Waals surface area contributed by atoms with Crippen molar-refractivity contribution in [1.29, 1.82) is 0 Å². The van der Waals surface area contributed by atoms with E-state index in [2.05, 4.69) is 29.4 Å². The Morgan fingerprint density at radius 1 is 0.911 bits per heavy atom. The van der Waals surface area contributed by atoms with E-state index in [1.54, 1.807) is 23.8 Å². The van der Waals surface area contributed by atoms with Gasteiger partial charge in [-0.25, -0.2) is 0 Å². The van der Waals surface area contributed by atoms with Crippen molar-refractivity contribution in [3.63, 3.8) is 0 Å². The topological polar surface area (TPSA) is 122 Å². The van der Waals surface area contributed by atoms with Crippen LogP contribution in [0.2, 0.25) is 0 Å². The van der Waals surface area contributed by atoms with E-state index in [1.165, 1.54) is 0 Å². The Morgan fingerprint density at radius 2 is 1.51 bits per heavy atom. The first-order valence-electron chi connectivity index (χ1n) is 17.1. The lowest BCUT2D eigenvalue weighted by molar-refractivity contribution is -0.142. The van der Waals surface area contributed by atoms with E-state index in [9.17, 15) is 24.3 Å². The van der Waals surface area contributed by atoms with E-state index in [0.717, 1.165) is 32.2 Å². The quantitative estimate of drug-likeness (QED) is 0.266. The summed E-state index contributed by atoms with van der Waals surface area (Å²) >= 11 is 0. The number of nitrogens with zero attached hydrogens (tertiary/aromatic N) is 3. The second-order valence-corrected chi connectivity index (χ2v) is 15.4. The largest absolute Gasteiger partial charge is 0.394 e. The number of carbonyl (C=O) groups is 4. The van der Waals surface area contributed by atoms with Gasteiger partial charge in [-0.15, -0.1) is 0 Å². The van der Waals surface area contributed by atoms with Crippen LogP contribution >= 0.6 is 0 Å². The summed E-state index contributed by atoms with van der Waals surface area (Å²) in [5.74, 6) is -0.462. The van der Waals surface area contributed by atoms with Crippen molar-refractivity contribution < 1.29 is 24.3 Å². The first-order chi connectivity index (χ1) is 20.9. The zero-order valence-electron chi connectivity index (χ0n) is 30.0. The zero-order chi connectivity index (χ0) is 34.2. The Balaban J connectivity index is 2.25. The number of nitrogens with one attached hydrogen (secondary N) is 2. The van der Waals surface area contributed by atoms with Crippen LogP contribution in [-0.4, -0.2) is 106 Å². The van der Waals surface area contributed by atoms with Crippen molar-refractivity contribution >= 4 is 23.6 Å². The number of rotatable bonds is 13. The molecule has 10 nitrogen and oxygen atoms in total. The Hall–Kier alpha value is -2.46. The molecule has 0 aromatic carbocycles. The molecule has 4 amide bonds. The normalized spacial score (nSPS) is 22.0. The molecule has 0 saturated carbocycles. The number of likely N-dealkylation sites (tertiary alicyclic amines) is 2. The van der Waals surface area contributed by atoms with E-state index < -0.39 is 23.5 Å². The number of aliphatic hydroxyl groups is 1. The Kier molecular flexibility index (Phi) is 14.6. The molecule has 2 heterocycles. The second-order valence-electron chi connectivity index (χ2n) is 15.4. The van der Waals surface area contributed by atoms with Gasteiger partial charge < -0.3 is 25.5 Å². The van der Waals surface area contributed by atoms with Crippen LogP contribution in [0.5, 0.6) is 0 Å². The van der Waals surface area contributed by atoms with E-state index in [4.69, 9.17) is 0 Å². The summed E-state index contributed by atoms with van der Waals surface area (Å²) in [7, 11) is 1.74. The fourth-order valence-corrected chi connectivity index (χ4v) is 6.72. The molecule has 3 N–H and O–H groups in total. The highest BCUT2D eigenvalue weighted by Gasteiger charge is 2.40. The number of aliphatic hydroxyl groups excluding tert-OH is 1. The molecule has 2 aliphatic heterocycles. The van der Waals surface area contributed by atoms with Gasteiger partial charge >= 0.3 is 0 Å². The lowest BCUT2D eigenvalue weighted by atomic mass is 9.84. The van der Waals surface area contributed by atoms with Crippen LogP contribution < -0.4 is 10.6 Å². The van der Waals surface area contributed by atoms with E-state index in [0.29, 0.717) is 30.9 Å². The number of piperidine rings is 1. The summed E-state index contributed by atoms with van der Waals surface area (Å²) in [6.07, 6.45) is 6.61. The highest BCUT2D eigenvalue weighted by atomic mass is 16.3. The summed E-state index contributed by atoms with van der Waals surface area (Å²) in [5, 5.41) is 15.8. The minimum atomic E-state index is -0.742. The molecule has 10 heteroatoms. The first kappa shape index (κ1) is 38.7. The molecule has 2 fully saturated rings. The number of likely N-dealkylation sites (N-methyl/N-ethyl adjacent to an activating group) is 1. The predicted octanol–water partition coefficient (Wildman–Crippen LogP) is 3.72. The molecule has 0 spiro atoms. The first-order valence-corrected chi connectivity index (χ1v) is 17.1. The van der Waals surface area contributed by atoms with Gasteiger partial charge in [-0.05, 0) is 76.7 Å². The number of hydrogen-bond donors (Lipinski definition) is 3. The average Bonchev–Trinajstić information content (AvgIpc) is 3.46. The lowest BCUT2D eigenvalue weighted by Crippen LogP contribution is -2.60. The fourth-order valence-electron chi connectivity index (χ4n) is 6.72. The number of hydrogen-bond acceptors (Lipinski definition) is 6. The maximum atomic E-state index is 14.1. The minimum Gasteiger partial charge on any atom is -0.394 e. The number of carbonyl (C=O) groups excluding carboxylic acids is 4. The van der Waals surface area contributed by atoms with E-state index in [-0.39, 0.29) is 54.3 Å². The predicted molar refractivity (Wildman–Crippen MR) is 179 cm³/mol. The molecular weight excluding hydrogens is 570 g/mol. The van der Waals surface area contributed by atoms with Crippen LogP contribution in [0.4, 0.5) is 0 Å². The highest BCUT2D eigenvalue weighted by Crippen LogP contribution is 2.27. The molecule has 2 rings (SSSR count). The molecule has 5 atom stereocenters. The van der Waals surface area contributed by atoms with Crippen molar-refractivity contribution in [1.82, 2.24) is 25.3 Å². The van der Waals surface area contributed by atoms with Crippen LogP contribution in [0.25, 0.3) is 0 Å². The zero-order valence-corrected chi connectivity index (χ0v) is 30.0. The number of amides is 4. The molecule has 2 aliphatic rings. The Morgan fingerprint density at radius 3 is 2.04 bits per heavy atom. The minimum absolute atomic E-state index is 0.00758. The van der Waals surface area contributed by atoms with Gasteiger partial charge in [0.1, 0.15) is 12.1 Å². The molecule has 1 unspecified atom stereocenters. The molecule has 0 bridgehead atoms. The monoisotopic (exact) mass is 633 g/mol. The molecule has 0 radical (unpaired) electrons. The third-order valence-corrected chi connectivity index (χ3v) is 9.28. The van der Waals surface area contributed by atoms with Gasteiger partial charge in [-0.2, -0.15) is 0 Å². The molecule has 258 valence electrons. The van der Waals surface area contributed by atoms with Crippen molar-refractivity contribution in [3.8, 4) is 0 Å². The fraction of sp³-hybridized carbons (Fsp3) is 0.829. The van der Waals surface area contributed by atoms with Crippen molar-refractivity contribution in [3.05, 3.63) is 11.6 Å². The molecule has 0 aromatic rings. The second kappa shape index (κ2) is 16.9. The summed E-state index contributed by atoms with van der Waals surface area (Å²) in [5.41, 5.74) is -0.0629. The van der Waals surface area contributed by atoms with Crippen LogP contribution in [0.15, 0.2) is 11.6 Å². The lowest BCUT2D eigenvalue weighted by Gasteiger charge is -2.41. The molecule has 2 saturated heterocycles. The maximum Gasteiger partial charge on any atom is 0.249 e. The molecular formula is C35H63N5O5. The van der Waals surface area contributed by atoms with Gasteiger partial charge in [0.15, 0.2) is 0 Å². The summed E-state index contributed by atoms with van der Waals surface area (Å²) in [4.78, 5) is 60.1. The summed E-state index contributed by atoms with van der Waals surface area (Å²) < 4.78 is 0. The average molecular weight is 634 g/mol. The maximum absolute atomic E-state index is 14.1. The Bertz CT molecular complexity index is 1050. The third kappa shape index (κ3) is 10.5. The summed E-state index contributed by atoms with van der Waals surface area (Å²) in [6, 6.07) is -2.10. The van der Waals surface area contributed by atoms with Gasteiger partial charge in [0.2, 0.25) is 23.6 Å². The third-order valence-electron chi connectivity index (χ3n) is 9.28.